The van der Waals surface area contributed by atoms with Crippen LogP contribution in [0.3, 0.4) is 0 Å². The van der Waals surface area contributed by atoms with Crippen LogP contribution in [0.1, 0.15) is 16.8 Å². The van der Waals surface area contributed by atoms with E-state index in [1.54, 1.807) is 12.1 Å². The number of aryl methyl sites for hydroxylation is 2. The Hall–Kier alpha value is -2.54. The summed E-state index contributed by atoms with van der Waals surface area (Å²) in [6.07, 6.45) is 0. The zero-order valence-electron chi connectivity index (χ0n) is 13.3. The molecular formula is C17H16FN3O2S. The second-order valence-corrected chi connectivity index (χ2v) is 6.61. The predicted octanol–water partition coefficient (Wildman–Crippen LogP) is 2.53. The highest BCUT2D eigenvalue weighted by atomic mass is 32.1. The summed E-state index contributed by atoms with van der Waals surface area (Å²) in [6.45, 7) is 3.97. The van der Waals surface area contributed by atoms with E-state index in [-0.39, 0.29) is 30.4 Å². The molecule has 0 spiro atoms. The van der Waals surface area contributed by atoms with Gasteiger partial charge in [0.25, 0.3) is 5.56 Å². The molecule has 0 radical (unpaired) electrons. The number of halogens is 1. The van der Waals surface area contributed by atoms with Gasteiger partial charge >= 0.3 is 0 Å². The van der Waals surface area contributed by atoms with Crippen molar-refractivity contribution >= 4 is 27.7 Å². The Kier molecular flexibility index (Phi) is 4.44. The number of rotatable bonds is 4. The molecule has 2 aromatic heterocycles. The van der Waals surface area contributed by atoms with E-state index in [2.05, 4.69) is 10.3 Å². The molecule has 0 aliphatic heterocycles. The smallest absolute Gasteiger partial charge is 0.270 e. The number of pyridine rings is 1. The van der Waals surface area contributed by atoms with Crippen molar-refractivity contribution in [3.8, 4) is 0 Å². The molecule has 3 aromatic rings. The second kappa shape index (κ2) is 6.52. The van der Waals surface area contributed by atoms with Gasteiger partial charge in [-0.2, -0.15) is 0 Å². The Morgan fingerprint density at radius 3 is 2.71 bits per heavy atom. The Morgan fingerprint density at radius 2 is 2.00 bits per heavy atom. The summed E-state index contributed by atoms with van der Waals surface area (Å²) in [5.41, 5.74) is 2.30. The normalized spacial score (nSPS) is 11.0. The predicted molar refractivity (Wildman–Crippen MR) is 91.6 cm³/mol. The summed E-state index contributed by atoms with van der Waals surface area (Å²) >= 11 is 1.19. The van der Waals surface area contributed by atoms with Crippen molar-refractivity contribution < 1.29 is 9.18 Å². The topological polar surface area (TPSA) is 64.0 Å². The maximum Gasteiger partial charge on any atom is 0.270 e. The van der Waals surface area contributed by atoms with Gasteiger partial charge in [0.15, 0.2) is 0 Å². The van der Waals surface area contributed by atoms with Crippen LogP contribution in [0.25, 0.3) is 10.2 Å². The molecule has 7 heteroatoms. The molecule has 1 aromatic carbocycles. The van der Waals surface area contributed by atoms with Gasteiger partial charge in [-0.25, -0.2) is 9.37 Å². The van der Waals surface area contributed by atoms with Crippen LogP contribution in [0.2, 0.25) is 0 Å². The average Bonchev–Trinajstić information content (AvgIpc) is 2.82. The monoisotopic (exact) mass is 345 g/mol. The molecule has 0 saturated heterocycles. The summed E-state index contributed by atoms with van der Waals surface area (Å²) in [6, 6.07) is 7.76. The number of nitrogens with one attached hydrogen (secondary N) is 1. The third-order valence-corrected chi connectivity index (χ3v) is 4.62. The van der Waals surface area contributed by atoms with Gasteiger partial charge in [0.2, 0.25) is 5.91 Å². The van der Waals surface area contributed by atoms with Crippen molar-refractivity contribution in [3.63, 3.8) is 0 Å². The molecule has 0 aliphatic rings. The molecule has 1 amide bonds. The highest BCUT2D eigenvalue weighted by Crippen LogP contribution is 2.18. The van der Waals surface area contributed by atoms with Gasteiger partial charge in [-0.1, -0.05) is 12.1 Å². The third kappa shape index (κ3) is 3.35. The molecule has 24 heavy (non-hydrogen) atoms. The number of hydrogen-bond acceptors (Lipinski definition) is 4. The molecular weight excluding hydrogens is 329 g/mol. The van der Waals surface area contributed by atoms with E-state index in [0.717, 1.165) is 16.8 Å². The van der Waals surface area contributed by atoms with Crippen LogP contribution in [-0.4, -0.2) is 14.8 Å². The van der Waals surface area contributed by atoms with Crippen molar-refractivity contribution in [3.05, 3.63) is 63.3 Å². The van der Waals surface area contributed by atoms with E-state index in [1.165, 1.54) is 27.6 Å². The molecule has 1 N–H and O–H groups in total. The number of hydrogen-bond donors (Lipinski definition) is 1. The lowest BCUT2D eigenvalue weighted by molar-refractivity contribution is -0.121. The lowest BCUT2D eigenvalue weighted by Crippen LogP contribution is -2.29. The van der Waals surface area contributed by atoms with Crippen LogP contribution < -0.4 is 10.9 Å². The SMILES string of the molecule is Cc1cc(C)c2c(=O)n(CC(=O)NCc3ccc(F)cc3)sc2n1. The van der Waals surface area contributed by atoms with Crippen molar-refractivity contribution in [2.24, 2.45) is 0 Å². The lowest BCUT2D eigenvalue weighted by atomic mass is 10.2. The van der Waals surface area contributed by atoms with Crippen LogP contribution >= 0.6 is 11.5 Å². The number of carbonyl (C=O) groups excluding carboxylic acids is 1. The summed E-state index contributed by atoms with van der Waals surface area (Å²) in [7, 11) is 0. The summed E-state index contributed by atoms with van der Waals surface area (Å²) in [4.78, 5) is 29.5. The first-order chi connectivity index (χ1) is 11.4. The van der Waals surface area contributed by atoms with E-state index in [4.69, 9.17) is 0 Å². The number of nitrogens with zero attached hydrogens (tertiary/aromatic N) is 2. The molecule has 0 fully saturated rings. The van der Waals surface area contributed by atoms with Gasteiger partial charge in [0, 0.05) is 12.2 Å². The van der Waals surface area contributed by atoms with Crippen LogP contribution in [0.15, 0.2) is 35.1 Å². The molecule has 0 aliphatic carbocycles. The Bertz CT molecular complexity index is 960. The standard InChI is InChI=1S/C17H16FN3O2S/c1-10-7-11(2)20-16-15(10)17(23)21(24-16)9-14(22)19-8-12-3-5-13(18)6-4-12/h3-7H,8-9H2,1-2H3,(H,19,22). The summed E-state index contributed by atoms with van der Waals surface area (Å²) < 4.78 is 14.3. The minimum Gasteiger partial charge on any atom is -0.350 e. The zero-order chi connectivity index (χ0) is 17.3. The van der Waals surface area contributed by atoms with E-state index >= 15 is 0 Å². The van der Waals surface area contributed by atoms with Gasteiger partial charge < -0.3 is 5.32 Å². The van der Waals surface area contributed by atoms with Crippen molar-refractivity contribution in [2.75, 3.05) is 0 Å². The van der Waals surface area contributed by atoms with Crippen LogP contribution in [0.5, 0.6) is 0 Å². The number of amides is 1. The number of carbonyl (C=O) groups is 1. The van der Waals surface area contributed by atoms with Crippen molar-refractivity contribution in [2.45, 2.75) is 26.9 Å². The fourth-order valence-electron chi connectivity index (χ4n) is 2.49. The number of aromatic nitrogens is 2. The first-order valence-electron chi connectivity index (χ1n) is 7.43. The van der Waals surface area contributed by atoms with E-state index < -0.39 is 0 Å². The lowest BCUT2D eigenvalue weighted by Gasteiger charge is -2.05. The van der Waals surface area contributed by atoms with Gasteiger partial charge in [-0.05, 0) is 54.7 Å². The highest BCUT2D eigenvalue weighted by Gasteiger charge is 2.14. The second-order valence-electron chi connectivity index (χ2n) is 5.60. The molecule has 3 rings (SSSR count). The first-order valence-corrected chi connectivity index (χ1v) is 8.20. The fraction of sp³-hybridized carbons (Fsp3) is 0.235. The molecule has 0 bridgehead atoms. The molecule has 124 valence electrons. The van der Waals surface area contributed by atoms with Crippen LogP contribution in [0, 0.1) is 19.7 Å². The average molecular weight is 345 g/mol. The minimum atomic E-state index is -0.319. The molecule has 5 nitrogen and oxygen atoms in total. The number of benzene rings is 1. The molecule has 2 heterocycles. The van der Waals surface area contributed by atoms with Crippen LogP contribution in [0.4, 0.5) is 4.39 Å². The maximum atomic E-state index is 12.8. The van der Waals surface area contributed by atoms with Gasteiger partial charge in [0.1, 0.15) is 17.2 Å². The van der Waals surface area contributed by atoms with Crippen molar-refractivity contribution in [1.82, 2.24) is 14.3 Å². The van der Waals surface area contributed by atoms with E-state index in [9.17, 15) is 14.0 Å². The van der Waals surface area contributed by atoms with Crippen LogP contribution in [-0.2, 0) is 17.9 Å². The van der Waals surface area contributed by atoms with Gasteiger partial charge in [-0.15, -0.1) is 0 Å². The molecule has 0 saturated carbocycles. The Morgan fingerprint density at radius 1 is 1.29 bits per heavy atom. The van der Waals surface area contributed by atoms with Gasteiger partial charge in [0.05, 0.1) is 5.39 Å². The minimum absolute atomic E-state index is 0.0560. The van der Waals surface area contributed by atoms with E-state index in [0.29, 0.717) is 10.2 Å². The van der Waals surface area contributed by atoms with Crippen molar-refractivity contribution in [1.29, 1.82) is 0 Å². The largest absolute Gasteiger partial charge is 0.350 e. The molecule has 0 unspecified atom stereocenters. The number of fused-ring (bicyclic) bond motifs is 1. The molecule has 0 atom stereocenters. The first kappa shape index (κ1) is 16.3. The van der Waals surface area contributed by atoms with E-state index in [1.807, 2.05) is 19.9 Å². The highest BCUT2D eigenvalue weighted by molar-refractivity contribution is 7.13. The zero-order valence-corrected chi connectivity index (χ0v) is 14.1. The van der Waals surface area contributed by atoms with Gasteiger partial charge in [-0.3, -0.25) is 13.5 Å². The quantitative estimate of drug-likeness (QED) is 0.790. The summed E-state index contributed by atoms with van der Waals surface area (Å²) in [5, 5.41) is 3.30. The Balaban J connectivity index is 1.73. The Labute approximate surface area is 141 Å². The fourth-order valence-corrected chi connectivity index (χ4v) is 3.58. The summed E-state index contributed by atoms with van der Waals surface area (Å²) in [5.74, 6) is -0.595. The maximum absolute atomic E-state index is 12.8. The third-order valence-electron chi connectivity index (χ3n) is 3.64.